The molecule has 4 heteroatoms. The topological polar surface area (TPSA) is 27.7 Å². The molecule has 0 aliphatic rings. The van der Waals surface area contributed by atoms with Crippen molar-refractivity contribution in [1.29, 1.82) is 0 Å². The zero-order chi connectivity index (χ0) is 12.7. The molecule has 0 saturated carbocycles. The normalized spacial score (nSPS) is 13.1. The van der Waals surface area contributed by atoms with Crippen LogP contribution in [0.1, 0.15) is 20.8 Å². The van der Waals surface area contributed by atoms with Gasteiger partial charge in [0.15, 0.2) is 0 Å². The van der Waals surface area contributed by atoms with Crippen molar-refractivity contribution in [2.45, 2.75) is 26.4 Å². The van der Waals surface area contributed by atoms with Crippen molar-refractivity contribution < 1.29 is 13.6 Å². The first-order chi connectivity index (χ1) is 8.01. The van der Waals surface area contributed by atoms with Crippen molar-refractivity contribution in [1.82, 2.24) is 0 Å². The van der Waals surface area contributed by atoms with E-state index >= 15 is 0 Å². The smallest absolute Gasteiger partial charge is 0.398 e. The van der Waals surface area contributed by atoms with E-state index in [0.717, 1.165) is 5.75 Å². The third-order valence-corrected chi connectivity index (χ3v) is 2.99. The first-order valence-electron chi connectivity index (χ1n) is 5.47. The molecule has 3 nitrogen and oxygen atoms in total. The van der Waals surface area contributed by atoms with Crippen LogP contribution in [0.3, 0.4) is 0 Å². The number of para-hydroxylation sites is 1. The Bertz CT molecular complexity index is 332. The minimum atomic E-state index is -1.40. The zero-order valence-electron chi connectivity index (χ0n) is 10.6. The molecule has 1 atom stereocenters. The molecule has 0 aliphatic carbocycles. The summed E-state index contributed by atoms with van der Waals surface area (Å²) in [6.07, 6.45) is 1.68. The summed E-state index contributed by atoms with van der Waals surface area (Å²) in [6.45, 7) is 9.92. The average Bonchev–Trinajstić information content (AvgIpc) is 2.25. The molecule has 1 unspecified atom stereocenters. The van der Waals surface area contributed by atoms with Crippen LogP contribution in [0, 0.1) is 0 Å². The van der Waals surface area contributed by atoms with Crippen LogP contribution in [-0.4, -0.2) is 12.2 Å². The second kappa shape index (κ2) is 6.75. The standard InChI is InChI=1S/C13H19O3P/c1-5-11-14-17(16-13(2,3)4)15-12-9-7-6-8-10-12/h5-10H,1,11H2,2-4H3. The van der Waals surface area contributed by atoms with Gasteiger partial charge in [-0.25, -0.2) is 0 Å². The van der Waals surface area contributed by atoms with E-state index in [1.54, 1.807) is 6.08 Å². The molecule has 0 saturated heterocycles. The molecule has 1 aromatic rings. The molecule has 0 fully saturated rings. The van der Waals surface area contributed by atoms with Crippen LogP contribution >= 0.6 is 8.60 Å². The molecule has 1 aromatic carbocycles. The van der Waals surface area contributed by atoms with E-state index in [9.17, 15) is 0 Å². The van der Waals surface area contributed by atoms with Gasteiger partial charge in [-0.15, -0.1) is 6.58 Å². The quantitative estimate of drug-likeness (QED) is 0.559. The lowest BCUT2D eigenvalue weighted by molar-refractivity contribution is 0.0996. The van der Waals surface area contributed by atoms with Crippen molar-refractivity contribution in [3.8, 4) is 5.75 Å². The maximum atomic E-state index is 5.72. The largest absolute Gasteiger partial charge is 0.427 e. The molecule has 0 bridgehead atoms. The van der Waals surface area contributed by atoms with Crippen LogP contribution in [0.2, 0.25) is 0 Å². The maximum absolute atomic E-state index is 5.72. The second-order valence-electron chi connectivity index (χ2n) is 4.42. The van der Waals surface area contributed by atoms with E-state index in [2.05, 4.69) is 6.58 Å². The van der Waals surface area contributed by atoms with Gasteiger partial charge in [-0.2, -0.15) is 0 Å². The number of rotatable bonds is 6. The molecule has 0 aliphatic heterocycles. The summed E-state index contributed by atoms with van der Waals surface area (Å²) in [6, 6.07) is 9.50. The maximum Gasteiger partial charge on any atom is 0.398 e. The van der Waals surface area contributed by atoms with Gasteiger partial charge in [0, 0.05) is 0 Å². The molecular formula is C13H19O3P. The van der Waals surface area contributed by atoms with Crippen molar-refractivity contribution in [2.24, 2.45) is 0 Å². The molecule has 94 valence electrons. The predicted molar refractivity (Wildman–Crippen MR) is 71.0 cm³/mol. The lowest BCUT2D eigenvalue weighted by atomic mass is 10.2. The Labute approximate surface area is 104 Å². The summed E-state index contributed by atoms with van der Waals surface area (Å²) in [4.78, 5) is 0. The third kappa shape index (κ3) is 6.42. The Kier molecular flexibility index (Phi) is 5.63. The Morgan fingerprint density at radius 2 is 1.88 bits per heavy atom. The lowest BCUT2D eigenvalue weighted by Gasteiger charge is -2.25. The molecule has 0 amide bonds. The number of benzene rings is 1. The van der Waals surface area contributed by atoms with Crippen molar-refractivity contribution in [2.75, 3.05) is 6.61 Å². The van der Waals surface area contributed by atoms with Crippen molar-refractivity contribution >= 4 is 8.60 Å². The van der Waals surface area contributed by atoms with Gasteiger partial charge in [0.1, 0.15) is 5.75 Å². The molecular weight excluding hydrogens is 235 g/mol. The fourth-order valence-electron chi connectivity index (χ4n) is 0.976. The fraction of sp³-hybridized carbons (Fsp3) is 0.385. The monoisotopic (exact) mass is 254 g/mol. The molecule has 0 radical (unpaired) electrons. The lowest BCUT2D eigenvalue weighted by Crippen LogP contribution is -2.18. The summed E-state index contributed by atoms with van der Waals surface area (Å²) in [7, 11) is -1.40. The highest BCUT2D eigenvalue weighted by molar-refractivity contribution is 7.42. The van der Waals surface area contributed by atoms with E-state index < -0.39 is 8.60 Å². The van der Waals surface area contributed by atoms with Crippen LogP contribution in [0.25, 0.3) is 0 Å². The van der Waals surface area contributed by atoms with Crippen molar-refractivity contribution in [3.63, 3.8) is 0 Å². The van der Waals surface area contributed by atoms with E-state index in [1.165, 1.54) is 0 Å². The first-order valence-corrected chi connectivity index (χ1v) is 6.57. The van der Waals surface area contributed by atoms with Crippen LogP contribution in [0.4, 0.5) is 0 Å². The summed E-state index contributed by atoms with van der Waals surface area (Å²) in [5.41, 5.74) is -0.304. The van der Waals surface area contributed by atoms with Crippen molar-refractivity contribution in [3.05, 3.63) is 43.0 Å². The Hall–Kier alpha value is -0.890. The zero-order valence-corrected chi connectivity index (χ0v) is 11.4. The third-order valence-electron chi connectivity index (χ3n) is 1.57. The summed E-state index contributed by atoms with van der Waals surface area (Å²) < 4.78 is 16.9. The van der Waals surface area contributed by atoms with Crippen LogP contribution in [0.5, 0.6) is 5.75 Å². The number of hydrogen-bond acceptors (Lipinski definition) is 3. The molecule has 0 aromatic heterocycles. The predicted octanol–water partition coefficient (Wildman–Crippen LogP) is 4.31. The van der Waals surface area contributed by atoms with Gasteiger partial charge in [-0.05, 0) is 32.9 Å². The van der Waals surface area contributed by atoms with Gasteiger partial charge in [-0.1, -0.05) is 24.3 Å². The van der Waals surface area contributed by atoms with E-state index in [0.29, 0.717) is 6.61 Å². The molecule has 1 rings (SSSR count). The van der Waals surface area contributed by atoms with Gasteiger partial charge in [-0.3, -0.25) is 9.05 Å². The van der Waals surface area contributed by atoms with Gasteiger partial charge >= 0.3 is 8.60 Å². The highest BCUT2D eigenvalue weighted by Gasteiger charge is 2.23. The highest BCUT2D eigenvalue weighted by Crippen LogP contribution is 2.44. The molecule has 0 heterocycles. The molecule has 0 spiro atoms. The summed E-state index contributed by atoms with van der Waals surface area (Å²) >= 11 is 0. The van der Waals surface area contributed by atoms with Gasteiger partial charge in [0.05, 0.1) is 12.2 Å². The van der Waals surface area contributed by atoms with E-state index in [1.807, 2.05) is 51.1 Å². The number of hydrogen-bond donors (Lipinski definition) is 0. The van der Waals surface area contributed by atoms with E-state index in [-0.39, 0.29) is 5.60 Å². The van der Waals surface area contributed by atoms with Crippen LogP contribution in [-0.2, 0) is 9.05 Å². The summed E-state index contributed by atoms with van der Waals surface area (Å²) in [5, 5.41) is 0. The van der Waals surface area contributed by atoms with Gasteiger partial charge in [0.2, 0.25) is 0 Å². The van der Waals surface area contributed by atoms with Gasteiger partial charge < -0.3 is 4.52 Å². The Morgan fingerprint density at radius 3 is 2.41 bits per heavy atom. The molecule has 17 heavy (non-hydrogen) atoms. The fourth-order valence-corrected chi connectivity index (χ4v) is 2.09. The molecule has 0 N–H and O–H groups in total. The van der Waals surface area contributed by atoms with Gasteiger partial charge in [0.25, 0.3) is 0 Å². The highest BCUT2D eigenvalue weighted by atomic mass is 31.2. The SMILES string of the molecule is C=CCOP(Oc1ccccc1)OC(C)(C)C. The Balaban J connectivity index is 2.60. The first kappa shape index (κ1) is 14.2. The second-order valence-corrected chi connectivity index (χ2v) is 5.49. The average molecular weight is 254 g/mol. The minimum Gasteiger partial charge on any atom is -0.427 e. The summed E-state index contributed by atoms with van der Waals surface area (Å²) in [5.74, 6) is 0.743. The Morgan fingerprint density at radius 1 is 1.24 bits per heavy atom. The van der Waals surface area contributed by atoms with E-state index in [4.69, 9.17) is 13.6 Å². The van der Waals surface area contributed by atoms with Crippen LogP contribution in [0.15, 0.2) is 43.0 Å². The van der Waals surface area contributed by atoms with Crippen LogP contribution < -0.4 is 4.52 Å². The minimum absolute atomic E-state index is 0.304.